The van der Waals surface area contributed by atoms with Gasteiger partial charge in [-0.25, -0.2) is 4.98 Å². The number of nitrogens with one attached hydrogen (secondary N) is 1. The fourth-order valence-corrected chi connectivity index (χ4v) is 5.43. The third-order valence-corrected chi connectivity index (χ3v) is 6.94. The summed E-state index contributed by atoms with van der Waals surface area (Å²) in [5, 5.41) is 0. The van der Waals surface area contributed by atoms with Gasteiger partial charge in [0.1, 0.15) is 5.82 Å². The van der Waals surface area contributed by atoms with Crippen molar-refractivity contribution in [2.45, 2.75) is 81.8 Å². The molecule has 0 aliphatic heterocycles. The Morgan fingerprint density at radius 2 is 1.59 bits per heavy atom. The molecule has 6 heteroatoms. The van der Waals surface area contributed by atoms with Crippen LogP contribution in [-0.2, 0) is 6.18 Å². The zero-order valence-corrected chi connectivity index (χ0v) is 16.8. The average molecular weight is 406 g/mol. The number of nitrogens with zero attached hydrogens (tertiary/aromatic N) is 1. The molecule has 0 bridgehead atoms. The fraction of sp³-hybridized carbons (Fsp3) is 0.609. The van der Waals surface area contributed by atoms with Gasteiger partial charge >= 0.3 is 6.18 Å². The largest absolute Gasteiger partial charge is 0.416 e. The number of aromatic amines is 1. The zero-order chi connectivity index (χ0) is 20.5. The molecule has 3 N–H and O–H groups in total. The lowest BCUT2D eigenvalue weighted by Crippen LogP contribution is -2.50. The lowest BCUT2D eigenvalue weighted by molar-refractivity contribution is -0.137. The highest BCUT2D eigenvalue weighted by Crippen LogP contribution is 2.46. The smallest absolute Gasteiger partial charge is 0.342 e. The number of imidazole rings is 1. The maximum atomic E-state index is 12.9. The molecule has 29 heavy (non-hydrogen) atoms. The molecule has 0 radical (unpaired) electrons. The summed E-state index contributed by atoms with van der Waals surface area (Å²) in [7, 11) is 0. The van der Waals surface area contributed by atoms with Crippen LogP contribution in [-0.4, -0.2) is 15.5 Å². The van der Waals surface area contributed by atoms with Crippen molar-refractivity contribution in [1.29, 1.82) is 0 Å². The van der Waals surface area contributed by atoms with Crippen molar-refractivity contribution in [1.82, 2.24) is 9.97 Å². The van der Waals surface area contributed by atoms with Gasteiger partial charge in [0.25, 0.3) is 0 Å². The predicted octanol–water partition coefficient (Wildman–Crippen LogP) is 6.42. The highest BCUT2D eigenvalue weighted by molar-refractivity contribution is 5.59. The van der Waals surface area contributed by atoms with Crippen molar-refractivity contribution in [3.63, 3.8) is 0 Å². The minimum atomic E-state index is -4.32. The van der Waals surface area contributed by atoms with Crippen LogP contribution in [0.4, 0.5) is 13.2 Å². The Bertz CT molecular complexity index is 798. The summed E-state index contributed by atoms with van der Waals surface area (Å²) in [4.78, 5) is 8.14. The highest BCUT2D eigenvalue weighted by atomic mass is 19.4. The van der Waals surface area contributed by atoms with Crippen LogP contribution in [0.15, 0.2) is 30.5 Å². The van der Waals surface area contributed by atoms with Crippen molar-refractivity contribution in [3.8, 4) is 11.3 Å². The molecule has 1 aromatic carbocycles. The Morgan fingerprint density at radius 3 is 2.21 bits per heavy atom. The van der Waals surface area contributed by atoms with E-state index in [4.69, 9.17) is 10.7 Å². The first-order valence-corrected chi connectivity index (χ1v) is 10.9. The topological polar surface area (TPSA) is 54.7 Å². The first-order valence-electron chi connectivity index (χ1n) is 10.9. The predicted molar refractivity (Wildman–Crippen MR) is 108 cm³/mol. The van der Waals surface area contributed by atoms with E-state index in [0.717, 1.165) is 49.3 Å². The van der Waals surface area contributed by atoms with Crippen molar-refractivity contribution in [2.75, 3.05) is 0 Å². The molecule has 2 saturated carbocycles. The number of halogens is 3. The molecule has 2 aliphatic carbocycles. The van der Waals surface area contributed by atoms with Crippen molar-refractivity contribution < 1.29 is 13.2 Å². The van der Waals surface area contributed by atoms with Crippen LogP contribution in [0.25, 0.3) is 11.3 Å². The zero-order valence-electron chi connectivity index (χ0n) is 16.8. The Kier molecular flexibility index (Phi) is 5.74. The SMILES string of the molecule is NC1([C@@H](c2ncc(-c3ccc(C(F)(F)F)cc3)[nH]2)C2CCCCC2)CCCCC1. The van der Waals surface area contributed by atoms with Gasteiger partial charge in [0.05, 0.1) is 17.5 Å². The molecule has 158 valence electrons. The molecule has 1 heterocycles. The van der Waals surface area contributed by atoms with Gasteiger partial charge in [0.2, 0.25) is 0 Å². The van der Waals surface area contributed by atoms with E-state index in [2.05, 4.69) is 4.98 Å². The van der Waals surface area contributed by atoms with Crippen LogP contribution in [0.2, 0.25) is 0 Å². The average Bonchev–Trinajstić information content (AvgIpc) is 3.18. The summed E-state index contributed by atoms with van der Waals surface area (Å²) in [5.74, 6) is 1.63. The number of hydrogen-bond donors (Lipinski definition) is 2. The molecular formula is C23H30F3N3. The summed E-state index contributed by atoms with van der Waals surface area (Å²) >= 11 is 0. The van der Waals surface area contributed by atoms with E-state index in [-0.39, 0.29) is 11.5 Å². The van der Waals surface area contributed by atoms with Gasteiger partial charge in [-0.05, 0) is 49.3 Å². The summed E-state index contributed by atoms with van der Waals surface area (Å²) in [6.07, 6.45) is 9.15. The van der Waals surface area contributed by atoms with Gasteiger partial charge in [0.15, 0.2) is 0 Å². The monoisotopic (exact) mass is 405 g/mol. The fourth-order valence-electron chi connectivity index (χ4n) is 5.43. The van der Waals surface area contributed by atoms with Crippen LogP contribution >= 0.6 is 0 Å². The maximum absolute atomic E-state index is 12.9. The van der Waals surface area contributed by atoms with Crippen LogP contribution in [0.3, 0.4) is 0 Å². The number of aromatic nitrogens is 2. The van der Waals surface area contributed by atoms with Gasteiger partial charge in [0, 0.05) is 11.5 Å². The van der Waals surface area contributed by atoms with E-state index in [0.29, 0.717) is 11.5 Å². The van der Waals surface area contributed by atoms with Crippen molar-refractivity contribution in [3.05, 3.63) is 41.9 Å². The third-order valence-electron chi connectivity index (χ3n) is 6.94. The minimum absolute atomic E-state index is 0.186. The lowest BCUT2D eigenvalue weighted by Gasteiger charge is -2.44. The van der Waals surface area contributed by atoms with E-state index >= 15 is 0 Å². The van der Waals surface area contributed by atoms with E-state index in [1.165, 1.54) is 50.7 Å². The number of hydrogen-bond acceptors (Lipinski definition) is 2. The van der Waals surface area contributed by atoms with Crippen LogP contribution < -0.4 is 5.73 Å². The normalized spacial score (nSPS) is 21.8. The minimum Gasteiger partial charge on any atom is -0.342 e. The second-order valence-corrected chi connectivity index (χ2v) is 8.93. The Labute approximate surface area is 170 Å². The summed E-state index contributed by atoms with van der Waals surface area (Å²) in [6.45, 7) is 0. The van der Waals surface area contributed by atoms with Gasteiger partial charge < -0.3 is 10.7 Å². The molecule has 1 aromatic heterocycles. The Morgan fingerprint density at radius 1 is 0.966 bits per heavy atom. The lowest BCUT2D eigenvalue weighted by atomic mass is 9.65. The van der Waals surface area contributed by atoms with Gasteiger partial charge in [-0.1, -0.05) is 50.7 Å². The van der Waals surface area contributed by atoms with E-state index < -0.39 is 11.7 Å². The molecule has 2 aliphatic rings. The quantitative estimate of drug-likeness (QED) is 0.616. The molecule has 4 rings (SSSR count). The third kappa shape index (κ3) is 4.37. The molecule has 1 atom stereocenters. The number of nitrogens with two attached hydrogens (primary N) is 1. The summed E-state index contributed by atoms with van der Waals surface area (Å²) in [5.41, 5.74) is 7.60. The highest BCUT2D eigenvalue weighted by Gasteiger charge is 2.43. The number of alkyl halides is 3. The molecule has 0 spiro atoms. The van der Waals surface area contributed by atoms with Crippen LogP contribution in [0.1, 0.15) is 81.5 Å². The summed E-state index contributed by atoms with van der Waals surface area (Å²) in [6, 6.07) is 5.27. The van der Waals surface area contributed by atoms with Crippen LogP contribution in [0.5, 0.6) is 0 Å². The Balaban J connectivity index is 1.63. The standard InChI is InChI=1S/C23H30F3N3/c24-23(25,26)18-11-9-16(10-12-18)19-15-28-21(29-19)20(17-7-3-1-4-8-17)22(27)13-5-2-6-14-22/h9-12,15,17,20H,1-8,13-14,27H2,(H,28,29)/t20-/m1/s1. The van der Waals surface area contributed by atoms with E-state index in [1.54, 1.807) is 6.20 Å². The molecule has 0 saturated heterocycles. The molecule has 3 nitrogen and oxygen atoms in total. The molecular weight excluding hydrogens is 375 g/mol. The van der Waals surface area contributed by atoms with Crippen LogP contribution in [0, 0.1) is 5.92 Å². The first kappa shape index (κ1) is 20.5. The maximum Gasteiger partial charge on any atom is 0.416 e. The van der Waals surface area contributed by atoms with E-state index in [1.807, 2.05) is 0 Å². The second kappa shape index (κ2) is 8.13. The first-order chi connectivity index (χ1) is 13.9. The Hall–Kier alpha value is -1.82. The summed E-state index contributed by atoms with van der Waals surface area (Å²) < 4.78 is 38.6. The van der Waals surface area contributed by atoms with Gasteiger partial charge in [-0.2, -0.15) is 13.2 Å². The van der Waals surface area contributed by atoms with E-state index in [9.17, 15) is 13.2 Å². The van der Waals surface area contributed by atoms with Crippen molar-refractivity contribution in [2.24, 2.45) is 11.7 Å². The number of H-pyrrole nitrogens is 1. The molecule has 2 aromatic rings. The number of benzene rings is 1. The van der Waals surface area contributed by atoms with Gasteiger partial charge in [-0.3, -0.25) is 0 Å². The molecule has 0 amide bonds. The van der Waals surface area contributed by atoms with Gasteiger partial charge in [-0.15, -0.1) is 0 Å². The number of rotatable bonds is 4. The van der Waals surface area contributed by atoms with Crippen molar-refractivity contribution >= 4 is 0 Å². The molecule has 2 fully saturated rings. The second-order valence-electron chi connectivity index (χ2n) is 8.93. The molecule has 0 unspecified atom stereocenters.